The fraction of sp³-hybridized carbons (Fsp3) is 0.154. The molecule has 0 aliphatic carbocycles. The van der Waals surface area contributed by atoms with E-state index in [1.54, 1.807) is 37.4 Å². The fourth-order valence-corrected chi connectivity index (χ4v) is 3.78. The molecule has 0 spiro atoms. The van der Waals surface area contributed by atoms with Crippen molar-refractivity contribution in [2.45, 2.75) is 20.4 Å². The molecular weight excluding hydrogens is 432 g/mol. The third kappa shape index (κ3) is 3.90. The lowest BCUT2D eigenvalue weighted by Gasteiger charge is -2.08. The van der Waals surface area contributed by atoms with Gasteiger partial charge in [-0.25, -0.2) is 4.79 Å². The molecule has 0 bridgehead atoms. The maximum atomic E-state index is 13.0. The number of hydrogen-bond donors (Lipinski definition) is 1. The van der Waals surface area contributed by atoms with Crippen LogP contribution in [0.1, 0.15) is 16.7 Å². The van der Waals surface area contributed by atoms with Crippen LogP contribution in [0.25, 0.3) is 33.7 Å². The van der Waals surface area contributed by atoms with Crippen molar-refractivity contribution < 1.29 is 9.26 Å². The second-order valence-corrected chi connectivity index (χ2v) is 8.15. The minimum atomic E-state index is -0.494. The summed E-state index contributed by atoms with van der Waals surface area (Å²) in [5.41, 5.74) is 4.14. The monoisotopic (exact) mass is 454 g/mol. The number of rotatable bonds is 5. The van der Waals surface area contributed by atoms with Crippen molar-refractivity contribution in [2.24, 2.45) is 0 Å². The molecule has 2 aromatic heterocycles. The largest absolute Gasteiger partial charge is 0.497 e. The number of nitrogens with zero attached hydrogens (tertiary/aromatic N) is 3. The molecule has 170 valence electrons. The molecule has 0 aliphatic rings. The van der Waals surface area contributed by atoms with Gasteiger partial charge < -0.3 is 14.2 Å². The molecular formula is C26H22N4O4. The van der Waals surface area contributed by atoms with Gasteiger partial charge in [0.15, 0.2) is 0 Å². The normalized spacial score (nSPS) is 11.1. The van der Waals surface area contributed by atoms with E-state index in [-0.39, 0.29) is 12.1 Å². The van der Waals surface area contributed by atoms with Gasteiger partial charge >= 0.3 is 5.69 Å². The molecule has 0 unspecified atom stereocenters. The minimum Gasteiger partial charge on any atom is -0.497 e. The van der Waals surface area contributed by atoms with Crippen LogP contribution in [-0.4, -0.2) is 26.8 Å². The van der Waals surface area contributed by atoms with Crippen molar-refractivity contribution >= 4 is 10.9 Å². The Bertz CT molecular complexity index is 1630. The van der Waals surface area contributed by atoms with Crippen molar-refractivity contribution in [3.05, 3.63) is 98.2 Å². The van der Waals surface area contributed by atoms with Gasteiger partial charge in [-0.05, 0) is 66.9 Å². The third-order valence-electron chi connectivity index (χ3n) is 5.92. The lowest BCUT2D eigenvalue weighted by atomic mass is 10.1. The molecule has 0 aliphatic heterocycles. The summed E-state index contributed by atoms with van der Waals surface area (Å²) < 4.78 is 11.8. The second-order valence-electron chi connectivity index (χ2n) is 8.15. The average molecular weight is 454 g/mol. The number of hydrogen-bond acceptors (Lipinski definition) is 6. The van der Waals surface area contributed by atoms with Gasteiger partial charge in [0.25, 0.3) is 11.4 Å². The number of aromatic nitrogens is 4. The molecule has 3 aromatic carbocycles. The highest BCUT2D eigenvalue weighted by Crippen LogP contribution is 2.25. The summed E-state index contributed by atoms with van der Waals surface area (Å²) in [5.74, 6) is 1.48. The summed E-state index contributed by atoms with van der Waals surface area (Å²) >= 11 is 0. The first kappa shape index (κ1) is 21.4. The smallest absolute Gasteiger partial charge is 0.329 e. The van der Waals surface area contributed by atoms with Gasteiger partial charge in [0.05, 0.1) is 24.6 Å². The summed E-state index contributed by atoms with van der Waals surface area (Å²) in [6.07, 6.45) is 0. The Morgan fingerprint density at radius 2 is 1.71 bits per heavy atom. The fourth-order valence-electron chi connectivity index (χ4n) is 3.78. The van der Waals surface area contributed by atoms with Gasteiger partial charge in [-0.2, -0.15) is 4.98 Å². The Hall–Kier alpha value is -4.46. The molecule has 0 radical (unpaired) electrons. The minimum absolute atomic E-state index is 0.152. The van der Waals surface area contributed by atoms with Gasteiger partial charge in [0.1, 0.15) is 5.75 Å². The lowest BCUT2D eigenvalue weighted by molar-refractivity contribution is 0.414. The van der Waals surface area contributed by atoms with Crippen LogP contribution in [0.4, 0.5) is 0 Å². The van der Waals surface area contributed by atoms with Crippen molar-refractivity contribution in [3.8, 4) is 28.6 Å². The van der Waals surface area contributed by atoms with Gasteiger partial charge in [-0.3, -0.25) is 9.36 Å². The van der Waals surface area contributed by atoms with E-state index in [0.29, 0.717) is 33.9 Å². The summed E-state index contributed by atoms with van der Waals surface area (Å²) in [6.45, 7) is 4.22. The van der Waals surface area contributed by atoms with Gasteiger partial charge in [0.2, 0.25) is 5.82 Å². The predicted octanol–water partition coefficient (Wildman–Crippen LogP) is 4.08. The highest BCUT2D eigenvalue weighted by Gasteiger charge is 2.14. The van der Waals surface area contributed by atoms with Crippen molar-refractivity contribution in [1.29, 1.82) is 0 Å². The van der Waals surface area contributed by atoms with E-state index >= 15 is 0 Å². The van der Waals surface area contributed by atoms with E-state index in [9.17, 15) is 9.59 Å². The summed E-state index contributed by atoms with van der Waals surface area (Å²) in [4.78, 5) is 33.0. The first-order valence-electron chi connectivity index (χ1n) is 10.7. The third-order valence-corrected chi connectivity index (χ3v) is 5.92. The van der Waals surface area contributed by atoms with E-state index < -0.39 is 5.69 Å². The number of methoxy groups -OCH3 is 1. The number of fused-ring (bicyclic) bond motifs is 1. The zero-order valence-electron chi connectivity index (χ0n) is 19.0. The number of ether oxygens (including phenoxy) is 1. The number of benzene rings is 3. The van der Waals surface area contributed by atoms with E-state index in [0.717, 1.165) is 16.7 Å². The zero-order chi connectivity index (χ0) is 23.8. The Kier molecular flexibility index (Phi) is 5.33. The van der Waals surface area contributed by atoms with Gasteiger partial charge in [-0.1, -0.05) is 29.4 Å². The van der Waals surface area contributed by atoms with Crippen LogP contribution in [0.15, 0.2) is 74.8 Å². The Morgan fingerprint density at radius 3 is 2.44 bits per heavy atom. The zero-order valence-corrected chi connectivity index (χ0v) is 19.0. The highest BCUT2D eigenvalue weighted by atomic mass is 16.5. The topological polar surface area (TPSA) is 103 Å². The first-order valence-corrected chi connectivity index (χ1v) is 10.7. The standard InChI is InChI=1S/C26H22N4O4/c1-15-4-7-18(12-16(15)2)23-28-24(34-29-23)19-8-11-21-22(13-19)27-26(32)30(25(21)31)14-17-5-9-20(33-3)10-6-17/h4-13H,14H2,1-3H3,(H,27,32). The second kappa shape index (κ2) is 8.47. The molecule has 8 nitrogen and oxygen atoms in total. The molecule has 0 saturated carbocycles. The summed E-state index contributed by atoms with van der Waals surface area (Å²) in [7, 11) is 1.58. The number of aryl methyl sites for hydroxylation is 2. The number of aromatic amines is 1. The average Bonchev–Trinajstić information content (AvgIpc) is 3.34. The van der Waals surface area contributed by atoms with Crippen LogP contribution < -0.4 is 16.0 Å². The maximum Gasteiger partial charge on any atom is 0.329 e. The van der Waals surface area contributed by atoms with Crippen LogP contribution in [-0.2, 0) is 6.54 Å². The van der Waals surface area contributed by atoms with Crippen LogP contribution in [0.2, 0.25) is 0 Å². The van der Waals surface area contributed by atoms with Crippen molar-refractivity contribution in [2.75, 3.05) is 7.11 Å². The first-order chi connectivity index (χ1) is 16.4. The quantitative estimate of drug-likeness (QED) is 0.429. The molecule has 0 saturated heterocycles. The molecule has 5 aromatic rings. The van der Waals surface area contributed by atoms with Crippen molar-refractivity contribution in [1.82, 2.24) is 19.7 Å². The Morgan fingerprint density at radius 1 is 0.941 bits per heavy atom. The van der Waals surface area contributed by atoms with Crippen LogP contribution in [0, 0.1) is 13.8 Å². The number of nitrogens with one attached hydrogen (secondary N) is 1. The Labute approximate surface area is 194 Å². The lowest BCUT2D eigenvalue weighted by Crippen LogP contribution is -2.35. The predicted molar refractivity (Wildman–Crippen MR) is 129 cm³/mol. The highest BCUT2D eigenvalue weighted by molar-refractivity contribution is 5.82. The van der Waals surface area contributed by atoms with Crippen molar-refractivity contribution in [3.63, 3.8) is 0 Å². The van der Waals surface area contributed by atoms with Crippen LogP contribution in [0.3, 0.4) is 0 Å². The molecule has 34 heavy (non-hydrogen) atoms. The van der Waals surface area contributed by atoms with E-state index in [4.69, 9.17) is 9.26 Å². The molecule has 5 rings (SSSR count). The molecule has 0 amide bonds. The van der Waals surface area contributed by atoms with E-state index in [1.807, 2.05) is 44.2 Å². The van der Waals surface area contributed by atoms with Gasteiger partial charge in [0, 0.05) is 11.1 Å². The summed E-state index contributed by atoms with van der Waals surface area (Å²) in [5, 5.41) is 4.48. The van der Waals surface area contributed by atoms with E-state index in [1.165, 1.54) is 10.1 Å². The SMILES string of the molecule is COc1ccc(Cn2c(=O)[nH]c3cc(-c4nc(-c5ccc(C)c(C)c5)no4)ccc3c2=O)cc1. The molecule has 8 heteroatoms. The number of H-pyrrole nitrogens is 1. The maximum absolute atomic E-state index is 13.0. The molecule has 2 heterocycles. The van der Waals surface area contributed by atoms with Crippen LogP contribution >= 0.6 is 0 Å². The van der Waals surface area contributed by atoms with Gasteiger partial charge in [-0.15, -0.1) is 0 Å². The molecule has 0 atom stereocenters. The van der Waals surface area contributed by atoms with Crippen LogP contribution in [0.5, 0.6) is 5.75 Å². The van der Waals surface area contributed by atoms with E-state index in [2.05, 4.69) is 15.1 Å². The molecule has 0 fully saturated rings. The summed E-state index contributed by atoms with van der Waals surface area (Å²) in [6, 6.07) is 18.3. The Balaban J connectivity index is 1.49. The molecule has 1 N–H and O–H groups in total.